The molecule has 0 aromatic carbocycles. The number of thiazole rings is 1. The van der Waals surface area contributed by atoms with Gasteiger partial charge in [0.05, 0.1) is 17.6 Å². The highest BCUT2D eigenvalue weighted by Crippen LogP contribution is 2.07. The van der Waals surface area contributed by atoms with E-state index < -0.39 is 5.54 Å². The molecule has 1 aromatic heterocycles. The Kier molecular flexibility index (Phi) is 3.60. The highest BCUT2D eigenvalue weighted by molar-refractivity contribution is 7.09. The van der Waals surface area contributed by atoms with Crippen LogP contribution < -0.4 is 11.1 Å². The first-order valence-corrected chi connectivity index (χ1v) is 5.39. The summed E-state index contributed by atoms with van der Waals surface area (Å²) in [5, 5.41) is 2.78. The summed E-state index contributed by atoms with van der Waals surface area (Å²) in [5.41, 5.74) is 6.74. The van der Waals surface area contributed by atoms with Gasteiger partial charge in [0.1, 0.15) is 0 Å². The van der Waals surface area contributed by atoms with E-state index in [1.165, 1.54) is 11.3 Å². The lowest BCUT2D eigenvalue weighted by Gasteiger charge is -2.21. The lowest BCUT2D eigenvalue weighted by Crippen LogP contribution is -2.50. The minimum absolute atomic E-state index is 0.117. The van der Waals surface area contributed by atoms with Crippen molar-refractivity contribution < 1.29 is 4.79 Å². The van der Waals surface area contributed by atoms with Crippen molar-refractivity contribution in [3.63, 3.8) is 0 Å². The summed E-state index contributed by atoms with van der Waals surface area (Å²) in [6.45, 7) is 4.14. The Morgan fingerprint density at radius 3 is 3.00 bits per heavy atom. The van der Waals surface area contributed by atoms with Gasteiger partial charge in [-0.25, -0.2) is 0 Å². The monoisotopic (exact) mass is 213 g/mol. The number of nitrogens with zero attached hydrogens (tertiary/aromatic N) is 1. The van der Waals surface area contributed by atoms with Crippen molar-refractivity contribution in [2.24, 2.45) is 5.73 Å². The van der Waals surface area contributed by atoms with Gasteiger partial charge >= 0.3 is 0 Å². The van der Waals surface area contributed by atoms with Crippen molar-refractivity contribution in [3.8, 4) is 0 Å². The summed E-state index contributed by atoms with van der Waals surface area (Å²) in [6, 6.07) is 0. The average molecular weight is 213 g/mol. The number of hydrogen-bond donors (Lipinski definition) is 2. The van der Waals surface area contributed by atoms with E-state index in [0.717, 1.165) is 4.88 Å². The first kappa shape index (κ1) is 11.1. The molecule has 0 spiro atoms. The van der Waals surface area contributed by atoms with Gasteiger partial charge < -0.3 is 11.1 Å². The van der Waals surface area contributed by atoms with E-state index in [9.17, 15) is 4.79 Å². The van der Waals surface area contributed by atoms with Gasteiger partial charge in [0.15, 0.2) is 0 Å². The zero-order valence-corrected chi connectivity index (χ0v) is 9.23. The fourth-order valence-electron chi connectivity index (χ4n) is 0.859. The molecule has 1 unspecified atom stereocenters. The normalized spacial score (nSPS) is 14.8. The molecule has 3 N–H and O–H groups in total. The number of aromatic nitrogens is 1. The first-order valence-electron chi connectivity index (χ1n) is 4.51. The standard InChI is InChI=1S/C9H15N3OS/c1-3-9(2,10)8(13)12-5-7-4-11-6-14-7/h4,6H,3,5,10H2,1-2H3,(H,12,13). The molecule has 0 aliphatic rings. The highest BCUT2D eigenvalue weighted by atomic mass is 32.1. The molecule has 0 aliphatic carbocycles. The van der Waals surface area contributed by atoms with E-state index in [2.05, 4.69) is 10.3 Å². The number of amides is 1. The van der Waals surface area contributed by atoms with E-state index in [0.29, 0.717) is 13.0 Å². The van der Waals surface area contributed by atoms with E-state index in [1.54, 1.807) is 18.6 Å². The topological polar surface area (TPSA) is 68.0 Å². The molecule has 78 valence electrons. The number of nitrogens with one attached hydrogen (secondary N) is 1. The van der Waals surface area contributed by atoms with Crippen molar-refractivity contribution in [1.82, 2.24) is 10.3 Å². The van der Waals surface area contributed by atoms with Gasteiger partial charge in [-0.05, 0) is 13.3 Å². The van der Waals surface area contributed by atoms with E-state index in [1.807, 2.05) is 6.92 Å². The average Bonchev–Trinajstić information content (AvgIpc) is 2.66. The summed E-state index contributed by atoms with van der Waals surface area (Å²) in [5.74, 6) is -0.117. The summed E-state index contributed by atoms with van der Waals surface area (Å²) in [4.78, 5) is 16.5. The van der Waals surface area contributed by atoms with Gasteiger partial charge in [-0.15, -0.1) is 11.3 Å². The summed E-state index contributed by atoms with van der Waals surface area (Å²) in [6.07, 6.45) is 2.37. The molecular weight excluding hydrogens is 198 g/mol. The number of hydrogen-bond acceptors (Lipinski definition) is 4. The molecule has 14 heavy (non-hydrogen) atoms. The molecule has 0 saturated heterocycles. The molecule has 1 heterocycles. The molecule has 0 fully saturated rings. The Hall–Kier alpha value is -0.940. The Labute approximate surface area is 87.5 Å². The van der Waals surface area contributed by atoms with Crippen molar-refractivity contribution in [1.29, 1.82) is 0 Å². The van der Waals surface area contributed by atoms with Gasteiger partial charge in [-0.2, -0.15) is 0 Å². The molecule has 1 amide bonds. The van der Waals surface area contributed by atoms with Crippen LogP contribution in [0.2, 0.25) is 0 Å². The Morgan fingerprint density at radius 2 is 2.50 bits per heavy atom. The molecule has 0 saturated carbocycles. The molecule has 0 bridgehead atoms. The molecule has 1 rings (SSSR count). The number of rotatable bonds is 4. The Morgan fingerprint density at radius 1 is 1.79 bits per heavy atom. The van der Waals surface area contributed by atoms with Crippen LogP contribution in [-0.4, -0.2) is 16.4 Å². The summed E-state index contributed by atoms with van der Waals surface area (Å²) >= 11 is 1.52. The third-order valence-corrected chi connectivity index (χ3v) is 2.94. The smallest absolute Gasteiger partial charge is 0.240 e. The van der Waals surface area contributed by atoms with E-state index >= 15 is 0 Å². The third kappa shape index (κ3) is 2.78. The van der Waals surface area contributed by atoms with Gasteiger partial charge in [-0.1, -0.05) is 6.92 Å². The number of nitrogens with two attached hydrogens (primary N) is 1. The van der Waals surface area contributed by atoms with Gasteiger partial charge in [-0.3, -0.25) is 9.78 Å². The molecule has 1 aromatic rings. The van der Waals surface area contributed by atoms with Crippen LogP contribution in [0.25, 0.3) is 0 Å². The van der Waals surface area contributed by atoms with Crippen molar-refractivity contribution in [2.45, 2.75) is 32.4 Å². The van der Waals surface area contributed by atoms with Gasteiger partial charge in [0.2, 0.25) is 5.91 Å². The Bertz CT molecular complexity index is 295. The molecule has 0 aliphatic heterocycles. The summed E-state index contributed by atoms with van der Waals surface area (Å²) in [7, 11) is 0. The van der Waals surface area contributed by atoms with Crippen LogP contribution in [0.4, 0.5) is 0 Å². The van der Waals surface area contributed by atoms with Crippen LogP contribution in [-0.2, 0) is 11.3 Å². The predicted molar refractivity (Wildman–Crippen MR) is 56.8 cm³/mol. The summed E-state index contributed by atoms with van der Waals surface area (Å²) < 4.78 is 0. The van der Waals surface area contributed by atoms with Crippen LogP contribution in [0.15, 0.2) is 11.7 Å². The number of carbonyl (C=O) groups is 1. The van der Waals surface area contributed by atoms with Crippen LogP contribution >= 0.6 is 11.3 Å². The van der Waals surface area contributed by atoms with Crippen LogP contribution in [0.3, 0.4) is 0 Å². The van der Waals surface area contributed by atoms with E-state index in [-0.39, 0.29) is 5.91 Å². The van der Waals surface area contributed by atoms with Gasteiger partial charge in [0.25, 0.3) is 0 Å². The molecular formula is C9H15N3OS. The fraction of sp³-hybridized carbons (Fsp3) is 0.556. The zero-order valence-electron chi connectivity index (χ0n) is 8.41. The van der Waals surface area contributed by atoms with Gasteiger partial charge in [0, 0.05) is 11.1 Å². The molecule has 1 atom stereocenters. The molecule has 5 heteroatoms. The lowest BCUT2D eigenvalue weighted by atomic mass is 10.00. The Balaban J connectivity index is 2.43. The second-order valence-corrected chi connectivity index (χ2v) is 4.39. The highest BCUT2D eigenvalue weighted by Gasteiger charge is 2.25. The maximum Gasteiger partial charge on any atom is 0.240 e. The van der Waals surface area contributed by atoms with Crippen molar-refractivity contribution >= 4 is 17.2 Å². The van der Waals surface area contributed by atoms with E-state index in [4.69, 9.17) is 5.73 Å². The quantitative estimate of drug-likeness (QED) is 0.780. The van der Waals surface area contributed by atoms with Crippen LogP contribution in [0.5, 0.6) is 0 Å². The molecule has 0 radical (unpaired) electrons. The SMILES string of the molecule is CCC(C)(N)C(=O)NCc1cncs1. The fourth-order valence-corrected chi connectivity index (χ4v) is 1.39. The minimum atomic E-state index is -0.773. The van der Waals surface area contributed by atoms with Crippen LogP contribution in [0, 0.1) is 0 Å². The second kappa shape index (κ2) is 4.52. The van der Waals surface area contributed by atoms with Crippen molar-refractivity contribution in [3.05, 3.63) is 16.6 Å². The number of carbonyl (C=O) groups excluding carboxylic acids is 1. The largest absolute Gasteiger partial charge is 0.350 e. The maximum atomic E-state index is 11.5. The van der Waals surface area contributed by atoms with Crippen LogP contribution in [0.1, 0.15) is 25.1 Å². The second-order valence-electron chi connectivity index (χ2n) is 3.42. The molecule has 4 nitrogen and oxygen atoms in total. The zero-order chi connectivity index (χ0) is 10.6. The first-order chi connectivity index (χ1) is 6.56. The lowest BCUT2D eigenvalue weighted by molar-refractivity contribution is -0.126. The minimum Gasteiger partial charge on any atom is -0.350 e. The third-order valence-electron chi connectivity index (χ3n) is 2.16. The predicted octanol–water partition coefficient (Wildman–Crippen LogP) is 0.887. The maximum absolute atomic E-state index is 11.5. The van der Waals surface area contributed by atoms with Crippen molar-refractivity contribution in [2.75, 3.05) is 0 Å².